The Bertz CT molecular complexity index is 665. The molecule has 0 bridgehead atoms. The number of thioether (sulfide) groups is 1. The number of piperidine rings is 1. The van der Waals surface area contributed by atoms with Crippen molar-refractivity contribution >= 4 is 35.2 Å². The highest BCUT2D eigenvalue weighted by atomic mass is 32.2. The maximum absolute atomic E-state index is 12.8. The second-order valence-electron chi connectivity index (χ2n) is 6.73. The van der Waals surface area contributed by atoms with Crippen molar-refractivity contribution in [1.82, 2.24) is 4.90 Å². The van der Waals surface area contributed by atoms with Crippen molar-refractivity contribution in [2.45, 2.75) is 57.2 Å². The summed E-state index contributed by atoms with van der Waals surface area (Å²) in [6.45, 7) is 2.62. The molecule has 1 atom stereocenters. The summed E-state index contributed by atoms with van der Waals surface area (Å²) in [6.07, 6.45) is 4.01. The van der Waals surface area contributed by atoms with Gasteiger partial charge in [-0.1, -0.05) is 19.1 Å². The highest BCUT2D eigenvalue weighted by Crippen LogP contribution is 2.22. The molecule has 1 aliphatic rings. The molecule has 1 aromatic carbocycles. The number of benzene rings is 1. The van der Waals surface area contributed by atoms with Crippen LogP contribution in [0, 0.1) is 0 Å². The van der Waals surface area contributed by atoms with Crippen LogP contribution >= 0.6 is 11.8 Å². The van der Waals surface area contributed by atoms with E-state index < -0.39 is 12.0 Å². The van der Waals surface area contributed by atoms with Gasteiger partial charge in [0, 0.05) is 30.2 Å². The van der Waals surface area contributed by atoms with Crippen molar-refractivity contribution in [3.05, 3.63) is 29.8 Å². The molecule has 1 aromatic rings. The van der Waals surface area contributed by atoms with E-state index in [1.165, 1.54) is 0 Å². The molecule has 1 saturated heterocycles. The summed E-state index contributed by atoms with van der Waals surface area (Å²) in [6, 6.07) is 7.19. The quantitative estimate of drug-likeness (QED) is 0.628. The molecule has 1 fully saturated rings. The number of carboxylic acids is 1. The first-order valence-electron chi connectivity index (χ1n) is 9.50. The number of hydrogen-bond donors (Lipinski definition) is 2. The lowest BCUT2D eigenvalue weighted by molar-refractivity contribution is -0.140. The minimum Gasteiger partial charge on any atom is -0.481 e. The van der Waals surface area contributed by atoms with Crippen LogP contribution in [0.2, 0.25) is 0 Å². The normalized spacial score (nSPS) is 16.8. The number of rotatable bonds is 9. The van der Waals surface area contributed by atoms with E-state index in [4.69, 9.17) is 5.11 Å². The summed E-state index contributed by atoms with van der Waals surface area (Å²) in [5.74, 6) is 0.387. The van der Waals surface area contributed by atoms with E-state index in [1.54, 1.807) is 16.7 Å². The smallest absolute Gasteiger partial charge is 0.304 e. The van der Waals surface area contributed by atoms with Gasteiger partial charge < -0.3 is 15.3 Å². The van der Waals surface area contributed by atoms with Crippen molar-refractivity contribution in [3.63, 3.8) is 0 Å². The molecule has 0 saturated carbocycles. The van der Waals surface area contributed by atoms with Gasteiger partial charge in [0.15, 0.2) is 0 Å². The van der Waals surface area contributed by atoms with E-state index >= 15 is 0 Å². The molecule has 1 unspecified atom stereocenters. The Hall–Kier alpha value is -2.02. The van der Waals surface area contributed by atoms with Gasteiger partial charge in [0.1, 0.15) is 6.04 Å². The van der Waals surface area contributed by atoms with Crippen LogP contribution in [0.15, 0.2) is 24.3 Å². The number of aliphatic carboxylic acids is 1. The number of amides is 2. The summed E-state index contributed by atoms with van der Waals surface area (Å²) >= 11 is 1.55. The largest absolute Gasteiger partial charge is 0.481 e. The Kier molecular flexibility index (Phi) is 8.64. The van der Waals surface area contributed by atoms with Crippen LogP contribution in [0.1, 0.15) is 51.0 Å². The third kappa shape index (κ3) is 6.90. The second-order valence-corrected chi connectivity index (χ2v) is 7.84. The van der Waals surface area contributed by atoms with E-state index in [0.29, 0.717) is 36.6 Å². The predicted octanol–water partition coefficient (Wildman–Crippen LogP) is 3.51. The molecular formula is C20H28N2O4S. The first kappa shape index (κ1) is 21.3. The van der Waals surface area contributed by atoms with Gasteiger partial charge in [-0.2, -0.15) is 11.8 Å². The Balaban J connectivity index is 1.94. The maximum atomic E-state index is 12.8. The van der Waals surface area contributed by atoms with Crippen LogP contribution in [0.3, 0.4) is 0 Å². The van der Waals surface area contributed by atoms with Gasteiger partial charge in [-0.25, -0.2) is 0 Å². The molecule has 148 valence electrons. The van der Waals surface area contributed by atoms with Gasteiger partial charge in [0.05, 0.1) is 6.42 Å². The number of carbonyl (C=O) groups is 3. The summed E-state index contributed by atoms with van der Waals surface area (Å²) in [5.41, 5.74) is 1.75. The Morgan fingerprint density at radius 2 is 2.07 bits per heavy atom. The SMILES string of the molecule is CCCC(=O)N1CCCCC1C(=O)Nc1cccc(CSCCC(=O)O)c1. The van der Waals surface area contributed by atoms with Crippen molar-refractivity contribution in [2.75, 3.05) is 17.6 Å². The van der Waals surface area contributed by atoms with Gasteiger partial charge in [-0.15, -0.1) is 0 Å². The third-order valence-corrected chi connectivity index (χ3v) is 5.54. The molecule has 27 heavy (non-hydrogen) atoms. The molecule has 7 heteroatoms. The van der Waals surface area contributed by atoms with Crippen molar-refractivity contribution < 1.29 is 19.5 Å². The molecule has 2 amide bonds. The van der Waals surface area contributed by atoms with E-state index in [0.717, 1.165) is 24.8 Å². The summed E-state index contributed by atoms with van der Waals surface area (Å²) in [7, 11) is 0. The van der Waals surface area contributed by atoms with E-state index in [2.05, 4.69) is 5.32 Å². The number of anilines is 1. The molecule has 1 heterocycles. The summed E-state index contributed by atoms with van der Waals surface area (Å²) in [4.78, 5) is 37.4. The van der Waals surface area contributed by atoms with Crippen LogP contribution in [0.5, 0.6) is 0 Å². The van der Waals surface area contributed by atoms with Crippen LogP contribution < -0.4 is 5.32 Å². The zero-order chi connectivity index (χ0) is 19.6. The zero-order valence-electron chi connectivity index (χ0n) is 15.8. The Labute approximate surface area is 164 Å². The van der Waals surface area contributed by atoms with Gasteiger partial charge in [-0.05, 0) is 43.4 Å². The number of hydrogen-bond acceptors (Lipinski definition) is 4. The lowest BCUT2D eigenvalue weighted by Gasteiger charge is -2.34. The number of carbonyl (C=O) groups excluding carboxylic acids is 2. The average Bonchev–Trinajstić information content (AvgIpc) is 2.65. The van der Waals surface area contributed by atoms with Crippen LogP contribution in [0.4, 0.5) is 5.69 Å². The van der Waals surface area contributed by atoms with Crippen LogP contribution in [-0.4, -0.2) is 46.1 Å². The fraction of sp³-hybridized carbons (Fsp3) is 0.550. The average molecular weight is 393 g/mol. The molecule has 0 aromatic heterocycles. The van der Waals surface area contributed by atoms with Crippen molar-refractivity contribution in [2.24, 2.45) is 0 Å². The van der Waals surface area contributed by atoms with E-state index in [9.17, 15) is 14.4 Å². The van der Waals surface area contributed by atoms with Crippen molar-refractivity contribution in [3.8, 4) is 0 Å². The van der Waals surface area contributed by atoms with Gasteiger partial charge in [-0.3, -0.25) is 14.4 Å². The molecular weight excluding hydrogens is 364 g/mol. The minimum absolute atomic E-state index is 0.0564. The first-order chi connectivity index (χ1) is 13.0. The summed E-state index contributed by atoms with van der Waals surface area (Å²) in [5, 5.41) is 11.6. The molecule has 1 aliphatic heterocycles. The molecule has 2 N–H and O–H groups in total. The number of likely N-dealkylation sites (tertiary alicyclic amines) is 1. The fourth-order valence-electron chi connectivity index (χ4n) is 3.17. The molecule has 0 aliphatic carbocycles. The standard InChI is InChI=1S/C20H28N2O4S/c1-2-6-18(23)22-11-4-3-9-17(22)20(26)21-16-8-5-7-15(13-16)14-27-12-10-19(24)25/h5,7-8,13,17H,2-4,6,9-12,14H2,1H3,(H,21,26)(H,24,25). The number of nitrogens with zero attached hydrogens (tertiary/aromatic N) is 1. The molecule has 0 spiro atoms. The number of carboxylic acid groups (broad SMARTS) is 1. The second kappa shape index (κ2) is 11.0. The topological polar surface area (TPSA) is 86.7 Å². The zero-order valence-corrected chi connectivity index (χ0v) is 16.6. The monoisotopic (exact) mass is 392 g/mol. The van der Waals surface area contributed by atoms with E-state index in [-0.39, 0.29) is 18.2 Å². The third-order valence-electron chi connectivity index (χ3n) is 4.51. The predicted molar refractivity (Wildman–Crippen MR) is 108 cm³/mol. The molecule has 2 rings (SSSR count). The highest BCUT2D eigenvalue weighted by molar-refractivity contribution is 7.98. The van der Waals surface area contributed by atoms with Crippen LogP contribution in [0.25, 0.3) is 0 Å². The lowest BCUT2D eigenvalue weighted by Crippen LogP contribution is -2.49. The highest BCUT2D eigenvalue weighted by Gasteiger charge is 2.31. The first-order valence-corrected chi connectivity index (χ1v) is 10.7. The lowest BCUT2D eigenvalue weighted by atomic mass is 10.0. The molecule has 0 radical (unpaired) electrons. The van der Waals surface area contributed by atoms with Gasteiger partial charge >= 0.3 is 5.97 Å². The summed E-state index contributed by atoms with van der Waals surface area (Å²) < 4.78 is 0. The number of nitrogens with one attached hydrogen (secondary N) is 1. The van der Waals surface area contributed by atoms with Crippen molar-refractivity contribution in [1.29, 1.82) is 0 Å². The molecule has 6 nitrogen and oxygen atoms in total. The van der Waals surface area contributed by atoms with Gasteiger partial charge in [0.25, 0.3) is 0 Å². The van der Waals surface area contributed by atoms with Gasteiger partial charge in [0.2, 0.25) is 11.8 Å². The Morgan fingerprint density at radius 3 is 2.81 bits per heavy atom. The maximum Gasteiger partial charge on any atom is 0.304 e. The minimum atomic E-state index is -0.793. The van der Waals surface area contributed by atoms with Crippen LogP contribution in [-0.2, 0) is 20.1 Å². The Morgan fingerprint density at radius 1 is 1.26 bits per heavy atom. The fourth-order valence-corrected chi connectivity index (χ4v) is 4.05. The van der Waals surface area contributed by atoms with E-state index in [1.807, 2.05) is 31.2 Å².